The molecular formula is C11H15NO3. The number of benzene rings is 1. The predicted octanol–water partition coefficient (Wildman–Crippen LogP) is 1.05. The van der Waals surface area contributed by atoms with Gasteiger partial charge in [-0.05, 0) is 18.4 Å². The van der Waals surface area contributed by atoms with Crippen LogP contribution in [0.3, 0.4) is 0 Å². The van der Waals surface area contributed by atoms with E-state index in [9.17, 15) is 4.79 Å². The summed E-state index contributed by atoms with van der Waals surface area (Å²) in [7, 11) is 0. The number of hydrogen-bond acceptors (Lipinski definition) is 4. The van der Waals surface area contributed by atoms with Gasteiger partial charge in [0, 0.05) is 0 Å². The molecule has 0 aliphatic heterocycles. The number of esters is 1. The minimum atomic E-state index is -0.425. The molecule has 0 aliphatic rings. The van der Waals surface area contributed by atoms with Gasteiger partial charge < -0.3 is 4.74 Å². The Morgan fingerprint density at radius 3 is 2.67 bits per heavy atom. The van der Waals surface area contributed by atoms with Crippen molar-refractivity contribution in [3.05, 3.63) is 35.9 Å². The molecule has 1 rings (SSSR count). The summed E-state index contributed by atoms with van der Waals surface area (Å²) >= 11 is 0. The van der Waals surface area contributed by atoms with E-state index in [0.29, 0.717) is 6.61 Å². The Morgan fingerprint density at radius 1 is 1.27 bits per heavy atom. The summed E-state index contributed by atoms with van der Waals surface area (Å²) in [6.45, 7) is 0.211. The minimum Gasteiger partial charge on any atom is -0.464 e. The van der Waals surface area contributed by atoms with Crippen LogP contribution in [0.4, 0.5) is 0 Å². The molecule has 1 aromatic carbocycles. The van der Waals surface area contributed by atoms with E-state index in [-0.39, 0.29) is 6.61 Å². The number of aryl methyl sites for hydroxylation is 1. The molecular weight excluding hydrogens is 194 g/mol. The third-order valence-corrected chi connectivity index (χ3v) is 1.92. The Labute approximate surface area is 88.9 Å². The van der Waals surface area contributed by atoms with Crippen LogP contribution in [-0.4, -0.2) is 19.2 Å². The minimum absolute atomic E-state index is 0.189. The third kappa shape index (κ3) is 5.15. The molecule has 0 amide bonds. The second kappa shape index (κ2) is 6.98. The molecule has 0 fully saturated rings. The number of carbonyl (C=O) groups is 1. The standard InChI is InChI=1S/C11H15NO3/c12-15-9-11(13)14-8-4-7-10-5-2-1-3-6-10/h1-3,5-6H,4,7-9,12H2. The highest BCUT2D eigenvalue weighted by Gasteiger charge is 2.00. The van der Waals surface area contributed by atoms with Crippen LogP contribution in [0.5, 0.6) is 0 Å². The lowest BCUT2D eigenvalue weighted by atomic mass is 10.1. The molecule has 4 heteroatoms. The Hall–Kier alpha value is -1.39. The van der Waals surface area contributed by atoms with Gasteiger partial charge in [0.1, 0.15) is 0 Å². The molecule has 0 aliphatic carbocycles. The Morgan fingerprint density at radius 2 is 2.00 bits per heavy atom. The van der Waals surface area contributed by atoms with Crippen LogP contribution in [0.15, 0.2) is 30.3 Å². The molecule has 0 saturated carbocycles. The fourth-order valence-corrected chi connectivity index (χ4v) is 1.22. The van der Waals surface area contributed by atoms with Crippen molar-refractivity contribution >= 4 is 5.97 Å². The molecule has 2 N–H and O–H groups in total. The van der Waals surface area contributed by atoms with E-state index < -0.39 is 5.97 Å². The molecule has 4 nitrogen and oxygen atoms in total. The molecule has 1 aromatic rings. The predicted molar refractivity (Wildman–Crippen MR) is 55.9 cm³/mol. The van der Waals surface area contributed by atoms with Crippen LogP contribution in [-0.2, 0) is 20.8 Å². The van der Waals surface area contributed by atoms with Crippen molar-refractivity contribution in [3.8, 4) is 0 Å². The van der Waals surface area contributed by atoms with Gasteiger partial charge in [-0.2, -0.15) is 0 Å². The van der Waals surface area contributed by atoms with Crippen LogP contribution in [0.25, 0.3) is 0 Å². The normalized spacial score (nSPS) is 9.93. The first-order valence-electron chi connectivity index (χ1n) is 4.84. The van der Waals surface area contributed by atoms with Gasteiger partial charge in [-0.1, -0.05) is 30.3 Å². The zero-order chi connectivity index (χ0) is 10.9. The maximum absolute atomic E-state index is 10.8. The molecule has 0 heterocycles. The van der Waals surface area contributed by atoms with Crippen molar-refractivity contribution in [2.45, 2.75) is 12.8 Å². The van der Waals surface area contributed by atoms with Crippen molar-refractivity contribution in [1.29, 1.82) is 0 Å². The molecule has 0 spiro atoms. The highest BCUT2D eigenvalue weighted by molar-refractivity contribution is 5.70. The summed E-state index contributed by atoms with van der Waals surface area (Å²) in [6, 6.07) is 10.0. The van der Waals surface area contributed by atoms with Gasteiger partial charge in [0.05, 0.1) is 6.61 Å². The first-order valence-corrected chi connectivity index (χ1v) is 4.84. The average molecular weight is 209 g/mol. The van der Waals surface area contributed by atoms with Crippen molar-refractivity contribution in [1.82, 2.24) is 0 Å². The second-order valence-corrected chi connectivity index (χ2v) is 3.12. The summed E-state index contributed by atoms with van der Waals surface area (Å²) in [5, 5.41) is 0. The number of nitrogens with two attached hydrogens (primary N) is 1. The van der Waals surface area contributed by atoms with Crippen LogP contribution in [0, 0.1) is 0 Å². The summed E-state index contributed by atoms with van der Waals surface area (Å²) in [5.41, 5.74) is 1.24. The van der Waals surface area contributed by atoms with Gasteiger partial charge in [-0.3, -0.25) is 4.84 Å². The molecule has 15 heavy (non-hydrogen) atoms. The van der Waals surface area contributed by atoms with Crippen LogP contribution >= 0.6 is 0 Å². The summed E-state index contributed by atoms with van der Waals surface area (Å²) in [4.78, 5) is 15.0. The van der Waals surface area contributed by atoms with E-state index in [2.05, 4.69) is 4.84 Å². The first-order chi connectivity index (χ1) is 7.33. The van der Waals surface area contributed by atoms with E-state index in [0.717, 1.165) is 12.8 Å². The van der Waals surface area contributed by atoms with Gasteiger partial charge >= 0.3 is 5.97 Å². The number of rotatable bonds is 6. The zero-order valence-electron chi connectivity index (χ0n) is 8.52. The van der Waals surface area contributed by atoms with Crippen LogP contribution in [0.1, 0.15) is 12.0 Å². The fraction of sp³-hybridized carbons (Fsp3) is 0.364. The highest BCUT2D eigenvalue weighted by Crippen LogP contribution is 2.02. The lowest BCUT2D eigenvalue weighted by Crippen LogP contribution is -2.16. The SMILES string of the molecule is NOCC(=O)OCCCc1ccccc1. The van der Waals surface area contributed by atoms with Gasteiger partial charge in [0.25, 0.3) is 0 Å². The third-order valence-electron chi connectivity index (χ3n) is 1.92. The van der Waals surface area contributed by atoms with E-state index in [1.54, 1.807) is 0 Å². The maximum atomic E-state index is 10.8. The smallest absolute Gasteiger partial charge is 0.334 e. The number of ether oxygens (including phenoxy) is 1. The zero-order valence-corrected chi connectivity index (χ0v) is 8.52. The van der Waals surface area contributed by atoms with Crippen molar-refractivity contribution in [3.63, 3.8) is 0 Å². The summed E-state index contributed by atoms with van der Waals surface area (Å²) in [5.74, 6) is 4.30. The molecule has 0 saturated heterocycles. The van der Waals surface area contributed by atoms with Gasteiger partial charge in [0.2, 0.25) is 0 Å². The lowest BCUT2D eigenvalue weighted by Gasteiger charge is -2.03. The van der Waals surface area contributed by atoms with Gasteiger partial charge in [0.15, 0.2) is 6.61 Å². The maximum Gasteiger partial charge on any atom is 0.334 e. The molecule has 0 unspecified atom stereocenters. The van der Waals surface area contributed by atoms with Crippen molar-refractivity contribution in [2.75, 3.05) is 13.2 Å². The van der Waals surface area contributed by atoms with Crippen LogP contribution < -0.4 is 5.90 Å². The molecule has 0 aromatic heterocycles. The largest absolute Gasteiger partial charge is 0.464 e. The summed E-state index contributed by atoms with van der Waals surface area (Å²) < 4.78 is 4.86. The molecule has 0 bridgehead atoms. The molecule has 0 atom stereocenters. The number of carbonyl (C=O) groups excluding carboxylic acids is 1. The second-order valence-electron chi connectivity index (χ2n) is 3.12. The van der Waals surface area contributed by atoms with Crippen molar-refractivity contribution in [2.24, 2.45) is 5.90 Å². The Balaban J connectivity index is 2.10. The van der Waals surface area contributed by atoms with E-state index in [1.165, 1.54) is 5.56 Å². The van der Waals surface area contributed by atoms with Crippen LogP contribution in [0.2, 0.25) is 0 Å². The lowest BCUT2D eigenvalue weighted by molar-refractivity contribution is -0.149. The van der Waals surface area contributed by atoms with E-state index in [4.69, 9.17) is 10.6 Å². The monoisotopic (exact) mass is 209 g/mol. The Bertz CT molecular complexity index is 287. The van der Waals surface area contributed by atoms with E-state index in [1.807, 2.05) is 30.3 Å². The molecule has 82 valence electrons. The Kier molecular flexibility index (Phi) is 5.43. The number of hydrogen-bond donors (Lipinski definition) is 1. The average Bonchev–Trinajstić information content (AvgIpc) is 2.26. The fourth-order valence-electron chi connectivity index (χ4n) is 1.22. The topological polar surface area (TPSA) is 61.5 Å². The summed E-state index contributed by atoms with van der Waals surface area (Å²) in [6.07, 6.45) is 1.71. The highest BCUT2D eigenvalue weighted by atomic mass is 16.6. The first kappa shape index (κ1) is 11.7. The van der Waals surface area contributed by atoms with Gasteiger partial charge in [-0.25, -0.2) is 10.7 Å². The molecule has 0 radical (unpaired) electrons. The van der Waals surface area contributed by atoms with Gasteiger partial charge in [-0.15, -0.1) is 0 Å². The van der Waals surface area contributed by atoms with E-state index >= 15 is 0 Å². The van der Waals surface area contributed by atoms with Crippen molar-refractivity contribution < 1.29 is 14.4 Å². The quantitative estimate of drug-likeness (QED) is 0.432.